The van der Waals surface area contributed by atoms with Crippen molar-refractivity contribution in [2.24, 2.45) is 0 Å². The van der Waals surface area contributed by atoms with E-state index in [0.717, 1.165) is 11.4 Å². The van der Waals surface area contributed by atoms with Crippen LogP contribution in [0.25, 0.3) is 44.2 Å². The summed E-state index contributed by atoms with van der Waals surface area (Å²) in [5.74, 6) is 0. The van der Waals surface area contributed by atoms with Crippen molar-refractivity contribution >= 4 is 22.1 Å². The van der Waals surface area contributed by atoms with Gasteiger partial charge in [0.2, 0.25) is 0 Å². The number of benzene rings is 6. The Kier molecular flexibility index (Phi) is 5.58. The first kappa shape index (κ1) is 20.9. The molecule has 0 amide bonds. The normalized spacial score (nSPS) is 10.9. The Balaban J connectivity index is 1.34. The van der Waals surface area contributed by atoms with E-state index in [0.29, 0.717) is 0 Å². The molecule has 1 N–H and O–H groups in total. The number of hydrogen-bond donors (Lipinski definition) is 1. The zero-order chi connectivity index (χ0) is 23.5. The molecule has 0 unspecified atom stereocenters. The number of anilines is 2. The standard InChI is InChI=1S/C34H25N/c1-2-11-25(12-3-1)31-20-6-7-21-33(31)27-15-8-17-29(23-27)35-30-18-9-16-28(24-30)34-22-10-14-26-13-4-5-19-32(26)34/h1-24,35H. The Hall–Kier alpha value is -4.62. The molecular formula is C34H25N. The molecule has 6 aromatic carbocycles. The third kappa shape index (κ3) is 4.32. The lowest BCUT2D eigenvalue weighted by atomic mass is 9.94. The van der Waals surface area contributed by atoms with Crippen molar-refractivity contribution < 1.29 is 0 Å². The molecule has 0 atom stereocenters. The molecule has 166 valence electrons. The quantitative estimate of drug-likeness (QED) is 0.277. The Morgan fingerprint density at radius 3 is 1.57 bits per heavy atom. The number of nitrogens with one attached hydrogen (secondary N) is 1. The Morgan fingerprint density at radius 2 is 0.829 bits per heavy atom. The van der Waals surface area contributed by atoms with E-state index in [1.807, 2.05) is 0 Å². The average Bonchev–Trinajstić information content (AvgIpc) is 2.93. The van der Waals surface area contributed by atoms with Gasteiger partial charge in [-0.3, -0.25) is 0 Å². The van der Waals surface area contributed by atoms with Gasteiger partial charge in [0.05, 0.1) is 0 Å². The van der Waals surface area contributed by atoms with E-state index in [2.05, 4.69) is 151 Å². The largest absolute Gasteiger partial charge is 0.355 e. The Bertz CT molecular complexity index is 1610. The molecule has 0 aliphatic rings. The maximum Gasteiger partial charge on any atom is 0.0390 e. The molecule has 1 heteroatoms. The molecular weight excluding hydrogens is 422 g/mol. The van der Waals surface area contributed by atoms with E-state index in [4.69, 9.17) is 0 Å². The van der Waals surface area contributed by atoms with Crippen LogP contribution in [-0.4, -0.2) is 0 Å². The van der Waals surface area contributed by atoms with E-state index in [-0.39, 0.29) is 0 Å². The summed E-state index contributed by atoms with van der Waals surface area (Å²) in [6.07, 6.45) is 0. The zero-order valence-corrected chi connectivity index (χ0v) is 19.4. The molecule has 0 aromatic heterocycles. The first-order valence-electron chi connectivity index (χ1n) is 12.0. The van der Waals surface area contributed by atoms with Crippen LogP contribution in [0.5, 0.6) is 0 Å². The second-order valence-electron chi connectivity index (χ2n) is 8.72. The summed E-state index contributed by atoms with van der Waals surface area (Å²) in [6.45, 7) is 0. The van der Waals surface area contributed by atoms with E-state index >= 15 is 0 Å². The fourth-order valence-corrected chi connectivity index (χ4v) is 4.78. The second kappa shape index (κ2) is 9.32. The highest BCUT2D eigenvalue weighted by Crippen LogP contribution is 2.34. The fourth-order valence-electron chi connectivity index (χ4n) is 4.78. The highest BCUT2D eigenvalue weighted by molar-refractivity contribution is 5.97. The second-order valence-corrected chi connectivity index (χ2v) is 8.72. The SMILES string of the molecule is c1ccc(-c2ccccc2-c2cccc(Nc3cccc(-c4cccc5ccccc45)c3)c2)cc1. The zero-order valence-electron chi connectivity index (χ0n) is 19.4. The molecule has 0 fully saturated rings. The smallest absolute Gasteiger partial charge is 0.0390 e. The van der Waals surface area contributed by atoms with Gasteiger partial charge in [-0.2, -0.15) is 0 Å². The summed E-state index contributed by atoms with van der Waals surface area (Å²) in [6, 6.07) is 51.5. The van der Waals surface area contributed by atoms with Crippen LogP contribution >= 0.6 is 0 Å². The van der Waals surface area contributed by atoms with Crippen LogP contribution in [0, 0.1) is 0 Å². The molecule has 6 aromatic rings. The predicted octanol–water partition coefficient (Wildman–Crippen LogP) is 9.58. The molecule has 6 rings (SSSR count). The summed E-state index contributed by atoms with van der Waals surface area (Å²) in [7, 11) is 0. The van der Waals surface area contributed by atoms with Crippen LogP contribution < -0.4 is 5.32 Å². The number of hydrogen-bond acceptors (Lipinski definition) is 1. The Labute approximate surface area is 206 Å². The molecule has 0 bridgehead atoms. The van der Waals surface area contributed by atoms with E-state index in [9.17, 15) is 0 Å². The van der Waals surface area contributed by atoms with Gasteiger partial charge in [-0.1, -0.05) is 121 Å². The third-order valence-electron chi connectivity index (χ3n) is 6.44. The molecule has 35 heavy (non-hydrogen) atoms. The van der Waals surface area contributed by atoms with Crippen LogP contribution in [0.2, 0.25) is 0 Å². The molecule has 0 spiro atoms. The van der Waals surface area contributed by atoms with Gasteiger partial charge >= 0.3 is 0 Å². The van der Waals surface area contributed by atoms with Crippen LogP contribution in [-0.2, 0) is 0 Å². The van der Waals surface area contributed by atoms with Crippen LogP contribution in [0.4, 0.5) is 11.4 Å². The first-order chi connectivity index (χ1) is 17.3. The lowest BCUT2D eigenvalue weighted by molar-refractivity contribution is 1.53. The minimum atomic E-state index is 1.07. The molecule has 0 aliphatic heterocycles. The number of fused-ring (bicyclic) bond motifs is 1. The average molecular weight is 448 g/mol. The highest BCUT2D eigenvalue weighted by Gasteiger charge is 2.08. The van der Waals surface area contributed by atoms with Crippen LogP contribution in [0.1, 0.15) is 0 Å². The van der Waals surface area contributed by atoms with Crippen molar-refractivity contribution in [2.75, 3.05) is 5.32 Å². The molecule has 0 saturated heterocycles. The van der Waals surface area contributed by atoms with Gasteiger partial charge in [0.15, 0.2) is 0 Å². The monoisotopic (exact) mass is 447 g/mol. The predicted molar refractivity (Wildman–Crippen MR) is 150 cm³/mol. The van der Waals surface area contributed by atoms with Gasteiger partial charge in [-0.15, -0.1) is 0 Å². The van der Waals surface area contributed by atoms with Crippen LogP contribution in [0.3, 0.4) is 0 Å². The van der Waals surface area contributed by atoms with E-state index in [1.54, 1.807) is 0 Å². The minimum absolute atomic E-state index is 1.07. The maximum absolute atomic E-state index is 3.63. The van der Waals surface area contributed by atoms with E-state index < -0.39 is 0 Å². The summed E-state index contributed by atoms with van der Waals surface area (Å²) < 4.78 is 0. The summed E-state index contributed by atoms with van der Waals surface area (Å²) in [4.78, 5) is 0. The minimum Gasteiger partial charge on any atom is -0.355 e. The lowest BCUT2D eigenvalue weighted by Crippen LogP contribution is -1.92. The topological polar surface area (TPSA) is 12.0 Å². The van der Waals surface area contributed by atoms with Gasteiger partial charge in [0.1, 0.15) is 0 Å². The van der Waals surface area contributed by atoms with Gasteiger partial charge in [0, 0.05) is 11.4 Å². The lowest BCUT2D eigenvalue weighted by Gasteiger charge is -2.13. The molecule has 0 saturated carbocycles. The van der Waals surface area contributed by atoms with Crippen molar-refractivity contribution in [1.29, 1.82) is 0 Å². The van der Waals surface area contributed by atoms with Crippen LogP contribution in [0.15, 0.2) is 146 Å². The van der Waals surface area contributed by atoms with Crippen molar-refractivity contribution in [2.45, 2.75) is 0 Å². The van der Waals surface area contributed by atoms with Crippen molar-refractivity contribution in [1.82, 2.24) is 0 Å². The van der Waals surface area contributed by atoms with Crippen molar-refractivity contribution in [3.8, 4) is 33.4 Å². The molecule has 0 heterocycles. The summed E-state index contributed by atoms with van der Waals surface area (Å²) >= 11 is 0. The highest BCUT2D eigenvalue weighted by atomic mass is 14.9. The molecule has 0 radical (unpaired) electrons. The number of rotatable bonds is 5. The third-order valence-corrected chi connectivity index (χ3v) is 6.44. The molecule has 0 aliphatic carbocycles. The maximum atomic E-state index is 3.63. The Morgan fingerprint density at radius 1 is 0.343 bits per heavy atom. The van der Waals surface area contributed by atoms with Crippen molar-refractivity contribution in [3.63, 3.8) is 0 Å². The van der Waals surface area contributed by atoms with E-state index in [1.165, 1.54) is 44.2 Å². The summed E-state index contributed by atoms with van der Waals surface area (Å²) in [5.41, 5.74) is 9.48. The van der Waals surface area contributed by atoms with Gasteiger partial charge in [-0.05, 0) is 68.4 Å². The summed E-state index contributed by atoms with van der Waals surface area (Å²) in [5, 5.41) is 6.16. The van der Waals surface area contributed by atoms with Gasteiger partial charge < -0.3 is 5.32 Å². The van der Waals surface area contributed by atoms with Gasteiger partial charge in [-0.25, -0.2) is 0 Å². The molecule has 1 nitrogen and oxygen atoms in total. The fraction of sp³-hybridized carbons (Fsp3) is 0. The first-order valence-corrected chi connectivity index (χ1v) is 12.0. The van der Waals surface area contributed by atoms with Crippen molar-refractivity contribution in [3.05, 3.63) is 146 Å². The van der Waals surface area contributed by atoms with Gasteiger partial charge in [0.25, 0.3) is 0 Å².